The molecule has 6 nitrogen and oxygen atoms in total. The Bertz CT molecular complexity index is 624. The van der Waals surface area contributed by atoms with Gasteiger partial charge < -0.3 is 15.0 Å². The molecule has 1 aromatic heterocycles. The van der Waals surface area contributed by atoms with Gasteiger partial charge in [0.25, 0.3) is 0 Å². The fourth-order valence-electron chi connectivity index (χ4n) is 2.13. The summed E-state index contributed by atoms with van der Waals surface area (Å²) in [5.74, 6) is 1.49. The largest absolute Gasteiger partial charge is 0.496 e. The van der Waals surface area contributed by atoms with E-state index in [2.05, 4.69) is 15.5 Å². The van der Waals surface area contributed by atoms with Crippen molar-refractivity contribution < 1.29 is 9.53 Å². The molecule has 22 heavy (non-hydrogen) atoms. The maximum atomic E-state index is 11.8. The Morgan fingerprint density at radius 3 is 2.91 bits per heavy atom. The van der Waals surface area contributed by atoms with Gasteiger partial charge in [-0.1, -0.05) is 19.1 Å². The highest BCUT2D eigenvalue weighted by Crippen LogP contribution is 2.29. The average molecular weight is 302 g/mol. The quantitative estimate of drug-likeness (QED) is 0.821. The Morgan fingerprint density at radius 2 is 2.18 bits per heavy atom. The lowest BCUT2D eigenvalue weighted by molar-refractivity contribution is -0.119. The van der Waals surface area contributed by atoms with Crippen LogP contribution in [0.2, 0.25) is 0 Å². The van der Waals surface area contributed by atoms with Crippen LogP contribution in [0, 0.1) is 0 Å². The minimum Gasteiger partial charge on any atom is -0.496 e. The van der Waals surface area contributed by atoms with Gasteiger partial charge in [-0.25, -0.2) is 0 Å². The fourth-order valence-corrected chi connectivity index (χ4v) is 2.13. The van der Waals surface area contributed by atoms with E-state index in [1.807, 2.05) is 44.3 Å². The van der Waals surface area contributed by atoms with Crippen LogP contribution in [0.3, 0.4) is 0 Å². The maximum absolute atomic E-state index is 11.8. The first kappa shape index (κ1) is 15.9. The lowest BCUT2D eigenvalue weighted by Gasteiger charge is -2.15. The average Bonchev–Trinajstić information content (AvgIpc) is 3.02. The third-order valence-corrected chi connectivity index (χ3v) is 3.31. The van der Waals surface area contributed by atoms with Gasteiger partial charge in [-0.05, 0) is 18.6 Å². The van der Waals surface area contributed by atoms with Gasteiger partial charge in [-0.3, -0.25) is 9.89 Å². The van der Waals surface area contributed by atoms with Crippen molar-refractivity contribution in [3.05, 3.63) is 30.3 Å². The molecular formula is C16H22N4O2. The van der Waals surface area contributed by atoms with Crippen molar-refractivity contribution in [2.75, 3.05) is 32.1 Å². The van der Waals surface area contributed by atoms with Crippen molar-refractivity contribution in [3.8, 4) is 17.0 Å². The normalized spacial score (nSPS) is 10.3. The van der Waals surface area contributed by atoms with Crippen LogP contribution in [0.5, 0.6) is 5.75 Å². The highest BCUT2D eigenvalue weighted by molar-refractivity contribution is 5.81. The first-order chi connectivity index (χ1) is 10.7. The van der Waals surface area contributed by atoms with Gasteiger partial charge in [0.15, 0.2) is 5.82 Å². The molecule has 0 atom stereocenters. The second-order valence-electron chi connectivity index (χ2n) is 5.05. The second-order valence-corrected chi connectivity index (χ2v) is 5.05. The van der Waals surface area contributed by atoms with Crippen molar-refractivity contribution in [3.63, 3.8) is 0 Å². The molecule has 2 rings (SSSR count). The monoisotopic (exact) mass is 302 g/mol. The number of methoxy groups -OCH3 is 1. The molecule has 0 fully saturated rings. The zero-order valence-electron chi connectivity index (χ0n) is 13.2. The first-order valence-corrected chi connectivity index (χ1v) is 7.32. The van der Waals surface area contributed by atoms with Crippen molar-refractivity contribution in [2.45, 2.75) is 13.3 Å². The van der Waals surface area contributed by atoms with E-state index < -0.39 is 0 Å². The Labute approximate surface area is 130 Å². The summed E-state index contributed by atoms with van der Waals surface area (Å²) in [6.45, 7) is 2.99. The van der Waals surface area contributed by atoms with Crippen LogP contribution in [0.25, 0.3) is 11.3 Å². The number of hydrogen-bond donors (Lipinski definition) is 2. The summed E-state index contributed by atoms with van der Waals surface area (Å²) in [4.78, 5) is 13.6. The number of anilines is 1. The SMILES string of the molecule is CCCNC(=O)CN(C)c1cc(-c2ccccc2OC)[nH]n1. The predicted octanol–water partition coefficient (Wildman–Crippen LogP) is 2.05. The van der Waals surface area contributed by atoms with Crippen LogP contribution >= 0.6 is 0 Å². The van der Waals surface area contributed by atoms with Gasteiger partial charge in [-0.2, -0.15) is 5.10 Å². The van der Waals surface area contributed by atoms with E-state index in [1.54, 1.807) is 12.0 Å². The lowest BCUT2D eigenvalue weighted by atomic mass is 10.1. The second kappa shape index (κ2) is 7.49. The number of likely N-dealkylation sites (N-methyl/N-ethyl adjacent to an activating group) is 1. The minimum atomic E-state index is -0.00816. The molecule has 0 bridgehead atoms. The molecule has 0 aliphatic carbocycles. The molecule has 1 amide bonds. The molecular weight excluding hydrogens is 280 g/mol. The van der Waals surface area contributed by atoms with Crippen LogP contribution in [-0.4, -0.2) is 43.4 Å². The number of ether oxygens (including phenoxy) is 1. The number of carbonyl (C=O) groups is 1. The van der Waals surface area contributed by atoms with Gasteiger partial charge in [0, 0.05) is 25.2 Å². The van der Waals surface area contributed by atoms with Crippen LogP contribution in [0.15, 0.2) is 30.3 Å². The standard InChI is InChI=1S/C16H22N4O2/c1-4-9-17-16(21)11-20(2)15-10-13(18-19-15)12-7-5-6-8-14(12)22-3/h5-8,10H,4,9,11H2,1-3H3,(H,17,21)(H,18,19). The van der Waals surface area contributed by atoms with Gasteiger partial charge in [0.2, 0.25) is 5.91 Å². The highest BCUT2D eigenvalue weighted by Gasteiger charge is 2.13. The molecule has 0 spiro atoms. The molecule has 6 heteroatoms. The smallest absolute Gasteiger partial charge is 0.239 e. The number of benzene rings is 1. The number of H-pyrrole nitrogens is 1. The molecule has 0 aliphatic heterocycles. The zero-order chi connectivity index (χ0) is 15.9. The summed E-state index contributed by atoms with van der Waals surface area (Å²) in [6.07, 6.45) is 0.926. The van der Waals surface area contributed by atoms with Crippen LogP contribution in [0.1, 0.15) is 13.3 Å². The third-order valence-electron chi connectivity index (χ3n) is 3.31. The van der Waals surface area contributed by atoms with E-state index >= 15 is 0 Å². The summed E-state index contributed by atoms with van der Waals surface area (Å²) in [5, 5.41) is 10.1. The molecule has 1 aromatic carbocycles. The van der Waals surface area contributed by atoms with E-state index in [-0.39, 0.29) is 12.5 Å². The van der Waals surface area contributed by atoms with E-state index in [1.165, 1.54) is 0 Å². The molecule has 0 radical (unpaired) electrons. The van der Waals surface area contributed by atoms with Gasteiger partial charge in [0.1, 0.15) is 5.75 Å². The van der Waals surface area contributed by atoms with Crippen LogP contribution in [-0.2, 0) is 4.79 Å². The summed E-state index contributed by atoms with van der Waals surface area (Å²) < 4.78 is 5.35. The van der Waals surface area contributed by atoms with Gasteiger partial charge in [-0.15, -0.1) is 0 Å². The van der Waals surface area contributed by atoms with Crippen molar-refractivity contribution in [1.29, 1.82) is 0 Å². The Kier molecular flexibility index (Phi) is 5.41. The fraction of sp³-hybridized carbons (Fsp3) is 0.375. The Balaban J connectivity index is 2.09. The summed E-state index contributed by atoms with van der Waals surface area (Å²) >= 11 is 0. The molecule has 2 N–H and O–H groups in total. The topological polar surface area (TPSA) is 70.2 Å². The lowest BCUT2D eigenvalue weighted by Crippen LogP contribution is -2.35. The van der Waals surface area contributed by atoms with Gasteiger partial charge >= 0.3 is 0 Å². The van der Waals surface area contributed by atoms with E-state index in [9.17, 15) is 4.79 Å². The van der Waals surface area contributed by atoms with Crippen molar-refractivity contribution in [2.24, 2.45) is 0 Å². The first-order valence-electron chi connectivity index (χ1n) is 7.32. The third kappa shape index (κ3) is 3.78. The van der Waals surface area contributed by atoms with Crippen LogP contribution < -0.4 is 15.0 Å². The Morgan fingerprint density at radius 1 is 1.41 bits per heavy atom. The molecule has 0 saturated carbocycles. The number of aromatic nitrogens is 2. The number of amides is 1. The van der Waals surface area contributed by atoms with Gasteiger partial charge in [0.05, 0.1) is 19.3 Å². The number of aromatic amines is 1. The summed E-state index contributed by atoms with van der Waals surface area (Å²) in [5.41, 5.74) is 1.79. The number of nitrogens with zero attached hydrogens (tertiary/aromatic N) is 2. The molecule has 0 saturated heterocycles. The van der Waals surface area contributed by atoms with Crippen LogP contribution in [0.4, 0.5) is 5.82 Å². The molecule has 118 valence electrons. The number of carbonyl (C=O) groups excluding carboxylic acids is 1. The summed E-state index contributed by atoms with van der Waals surface area (Å²) in [7, 11) is 3.48. The molecule has 1 heterocycles. The predicted molar refractivity (Wildman–Crippen MR) is 87.1 cm³/mol. The van der Waals surface area contributed by atoms with E-state index in [4.69, 9.17) is 4.74 Å². The number of nitrogens with one attached hydrogen (secondary N) is 2. The Hall–Kier alpha value is -2.50. The number of rotatable bonds is 7. The number of para-hydroxylation sites is 1. The van der Waals surface area contributed by atoms with Crippen molar-refractivity contribution >= 4 is 11.7 Å². The molecule has 0 aliphatic rings. The molecule has 0 unspecified atom stereocenters. The maximum Gasteiger partial charge on any atom is 0.239 e. The van der Waals surface area contributed by atoms with Crippen molar-refractivity contribution in [1.82, 2.24) is 15.5 Å². The summed E-state index contributed by atoms with van der Waals surface area (Å²) in [6, 6.07) is 9.64. The minimum absolute atomic E-state index is 0.00816. The van der Waals surface area contributed by atoms with E-state index in [0.29, 0.717) is 12.4 Å². The zero-order valence-corrected chi connectivity index (χ0v) is 13.2. The highest BCUT2D eigenvalue weighted by atomic mass is 16.5. The number of hydrogen-bond acceptors (Lipinski definition) is 4. The van der Waals surface area contributed by atoms with E-state index in [0.717, 1.165) is 23.4 Å². The molecule has 2 aromatic rings.